The number of hydrogen-bond donors (Lipinski definition) is 2. The molecule has 0 radical (unpaired) electrons. The number of aliphatic carboxylic acids is 1. The Morgan fingerprint density at radius 1 is 0.958 bits per heavy atom. The van der Waals surface area contributed by atoms with E-state index in [0.717, 1.165) is 0 Å². The first-order valence-electron chi connectivity index (χ1n) is 7.40. The number of benzene rings is 2. The fraction of sp³-hybridized carbons (Fsp3) is 0.167. The molecule has 6 heteroatoms. The smallest absolute Gasteiger partial charge is 0.334 e. The Kier molecular flexibility index (Phi) is 6.08. The van der Waals surface area contributed by atoms with E-state index in [-0.39, 0.29) is 12.8 Å². The van der Waals surface area contributed by atoms with Gasteiger partial charge in [0.25, 0.3) is 5.91 Å². The van der Waals surface area contributed by atoms with Crippen molar-refractivity contribution in [1.82, 2.24) is 5.32 Å². The lowest BCUT2D eigenvalue weighted by atomic mass is 10.1. The summed E-state index contributed by atoms with van der Waals surface area (Å²) in [5, 5.41) is 11.4. The van der Waals surface area contributed by atoms with Crippen molar-refractivity contribution < 1.29 is 24.2 Å². The van der Waals surface area contributed by atoms with Gasteiger partial charge in [0.05, 0.1) is 0 Å². The normalized spacial score (nSPS) is 11.3. The molecule has 2 aromatic carbocycles. The molecule has 0 aliphatic heterocycles. The van der Waals surface area contributed by atoms with E-state index in [1.54, 1.807) is 60.7 Å². The highest BCUT2D eigenvalue weighted by atomic mass is 16.5. The number of nitrogens with one attached hydrogen (secondary N) is 1. The minimum Gasteiger partial charge on any atom is -0.481 e. The van der Waals surface area contributed by atoms with E-state index >= 15 is 0 Å². The first-order valence-corrected chi connectivity index (χ1v) is 7.40. The Labute approximate surface area is 139 Å². The molecule has 0 bridgehead atoms. The number of rotatable bonds is 7. The van der Waals surface area contributed by atoms with Crippen molar-refractivity contribution in [3.05, 3.63) is 66.2 Å². The van der Waals surface area contributed by atoms with Crippen LogP contribution in [0.25, 0.3) is 0 Å². The molecule has 1 atom stereocenters. The van der Waals surface area contributed by atoms with Gasteiger partial charge in [0, 0.05) is 12.0 Å². The van der Waals surface area contributed by atoms with Crippen molar-refractivity contribution in [2.24, 2.45) is 0 Å². The van der Waals surface area contributed by atoms with Crippen molar-refractivity contribution in [2.75, 3.05) is 0 Å². The first-order chi connectivity index (χ1) is 11.6. The third-order valence-electron chi connectivity index (χ3n) is 3.23. The SMILES string of the molecule is O=C(O)CC[C@H](NC(=O)c1ccccc1)C(=O)Oc1ccccc1. The fourth-order valence-electron chi connectivity index (χ4n) is 2.02. The summed E-state index contributed by atoms with van der Waals surface area (Å²) >= 11 is 0. The molecular weight excluding hydrogens is 310 g/mol. The van der Waals surface area contributed by atoms with Gasteiger partial charge < -0.3 is 15.2 Å². The van der Waals surface area contributed by atoms with Crippen molar-refractivity contribution >= 4 is 17.8 Å². The quantitative estimate of drug-likeness (QED) is 0.601. The van der Waals surface area contributed by atoms with Crippen LogP contribution in [0.1, 0.15) is 23.2 Å². The predicted octanol–water partition coefficient (Wildman–Crippen LogP) is 2.26. The van der Waals surface area contributed by atoms with E-state index in [1.807, 2.05) is 0 Å². The number of carbonyl (C=O) groups is 3. The summed E-state index contributed by atoms with van der Waals surface area (Å²) in [6, 6.07) is 15.7. The van der Waals surface area contributed by atoms with E-state index < -0.39 is 23.9 Å². The second-order valence-corrected chi connectivity index (χ2v) is 5.06. The average Bonchev–Trinajstić information content (AvgIpc) is 2.59. The third kappa shape index (κ3) is 5.24. The van der Waals surface area contributed by atoms with Gasteiger partial charge in [-0.05, 0) is 30.7 Å². The Morgan fingerprint density at radius 3 is 2.12 bits per heavy atom. The van der Waals surface area contributed by atoms with Gasteiger partial charge in [-0.15, -0.1) is 0 Å². The number of carboxylic acid groups (broad SMARTS) is 1. The molecule has 0 spiro atoms. The second-order valence-electron chi connectivity index (χ2n) is 5.06. The molecule has 0 saturated carbocycles. The fourth-order valence-corrected chi connectivity index (χ4v) is 2.02. The summed E-state index contributed by atoms with van der Waals surface area (Å²) in [6.07, 6.45) is -0.316. The molecule has 0 fully saturated rings. The van der Waals surface area contributed by atoms with Crippen LogP contribution in [0.5, 0.6) is 5.75 Å². The van der Waals surface area contributed by atoms with E-state index in [1.165, 1.54) is 0 Å². The average molecular weight is 327 g/mol. The molecule has 6 nitrogen and oxygen atoms in total. The number of carbonyl (C=O) groups excluding carboxylic acids is 2. The maximum Gasteiger partial charge on any atom is 0.334 e. The third-order valence-corrected chi connectivity index (χ3v) is 3.23. The van der Waals surface area contributed by atoms with E-state index in [9.17, 15) is 14.4 Å². The number of para-hydroxylation sites is 1. The van der Waals surface area contributed by atoms with Gasteiger partial charge in [0.2, 0.25) is 0 Å². The van der Waals surface area contributed by atoms with Crippen LogP contribution >= 0.6 is 0 Å². The summed E-state index contributed by atoms with van der Waals surface area (Å²) in [4.78, 5) is 35.2. The number of esters is 1. The Morgan fingerprint density at radius 2 is 1.54 bits per heavy atom. The summed E-state index contributed by atoms with van der Waals surface area (Å²) in [5.74, 6) is -1.89. The lowest BCUT2D eigenvalue weighted by Gasteiger charge is -2.17. The van der Waals surface area contributed by atoms with E-state index in [0.29, 0.717) is 11.3 Å². The first kappa shape index (κ1) is 17.2. The zero-order valence-electron chi connectivity index (χ0n) is 12.8. The molecule has 0 aliphatic rings. The van der Waals surface area contributed by atoms with Crippen molar-refractivity contribution in [2.45, 2.75) is 18.9 Å². The largest absolute Gasteiger partial charge is 0.481 e. The second kappa shape index (κ2) is 8.47. The van der Waals surface area contributed by atoms with Gasteiger partial charge in [-0.2, -0.15) is 0 Å². The Bertz CT molecular complexity index is 700. The Hall–Kier alpha value is -3.15. The number of carboxylic acids is 1. The van der Waals surface area contributed by atoms with Crippen molar-refractivity contribution in [1.29, 1.82) is 0 Å². The van der Waals surface area contributed by atoms with Crippen molar-refractivity contribution in [3.8, 4) is 5.75 Å². The molecule has 0 saturated heterocycles. The molecule has 2 N–H and O–H groups in total. The maximum atomic E-state index is 12.3. The van der Waals surface area contributed by atoms with Crippen LogP contribution in [0.3, 0.4) is 0 Å². The molecule has 0 unspecified atom stereocenters. The monoisotopic (exact) mass is 327 g/mol. The highest BCUT2D eigenvalue weighted by Gasteiger charge is 2.24. The minimum absolute atomic E-state index is 0.0560. The maximum absolute atomic E-state index is 12.3. The van der Waals surface area contributed by atoms with Crippen LogP contribution in [-0.4, -0.2) is 29.0 Å². The molecule has 0 aliphatic carbocycles. The summed E-state index contributed by atoms with van der Waals surface area (Å²) < 4.78 is 5.20. The van der Waals surface area contributed by atoms with Gasteiger partial charge in [0.1, 0.15) is 11.8 Å². The predicted molar refractivity (Wildman–Crippen MR) is 86.6 cm³/mol. The topological polar surface area (TPSA) is 92.7 Å². The van der Waals surface area contributed by atoms with Gasteiger partial charge in [-0.25, -0.2) is 4.79 Å². The van der Waals surface area contributed by atoms with E-state index in [2.05, 4.69) is 5.32 Å². The summed E-state index contributed by atoms with van der Waals surface area (Å²) in [7, 11) is 0. The van der Waals surface area contributed by atoms with Crippen LogP contribution in [0.15, 0.2) is 60.7 Å². The standard InChI is InChI=1S/C18H17NO5/c20-16(21)12-11-15(18(23)24-14-9-5-2-6-10-14)19-17(22)13-7-3-1-4-8-13/h1-10,15H,11-12H2,(H,19,22)(H,20,21)/t15-/m0/s1. The molecule has 1 amide bonds. The zero-order chi connectivity index (χ0) is 17.4. The molecule has 0 aromatic heterocycles. The van der Waals surface area contributed by atoms with Crippen LogP contribution < -0.4 is 10.1 Å². The van der Waals surface area contributed by atoms with Crippen LogP contribution in [-0.2, 0) is 9.59 Å². The number of hydrogen-bond acceptors (Lipinski definition) is 4. The molecule has 124 valence electrons. The van der Waals surface area contributed by atoms with Gasteiger partial charge in [0.15, 0.2) is 0 Å². The molecule has 0 heterocycles. The van der Waals surface area contributed by atoms with Gasteiger partial charge in [-0.1, -0.05) is 36.4 Å². The zero-order valence-corrected chi connectivity index (χ0v) is 12.8. The van der Waals surface area contributed by atoms with E-state index in [4.69, 9.17) is 9.84 Å². The van der Waals surface area contributed by atoms with Crippen LogP contribution in [0, 0.1) is 0 Å². The molecule has 2 aromatic rings. The van der Waals surface area contributed by atoms with Gasteiger partial charge in [-0.3, -0.25) is 9.59 Å². The number of ether oxygens (including phenoxy) is 1. The highest BCUT2D eigenvalue weighted by Crippen LogP contribution is 2.11. The Balaban J connectivity index is 2.07. The number of amides is 1. The lowest BCUT2D eigenvalue weighted by Crippen LogP contribution is -2.43. The van der Waals surface area contributed by atoms with Crippen molar-refractivity contribution in [3.63, 3.8) is 0 Å². The van der Waals surface area contributed by atoms with Crippen LogP contribution in [0.4, 0.5) is 0 Å². The lowest BCUT2D eigenvalue weighted by molar-refractivity contribution is -0.138. The van der Waals surface area contributed by atoms with Crippen LogP contribution in [0.2, 0.25) is 0 Å². The molecule has 24 heavy (non-hydrogen) atoms. The minimum atomic E-state index is -1.05. The summed E-state index contributed by atoms with van der Waals surface area (Å²) in [5.41, 5.74) is 0.380. The van der Waals surface area contributed by atoms with Gasteiger partial charge >= 0.3 is 11.9 Å². The molecule has 2 rings (SSSR count). The highest BCUT2D eigenvalue weighted by molar-refractivity contribution is 5.97. The molecular formula is C18H17NO5. The summed E-state index contributed by atoms with van der Waals surface area (Å²) in [6.45, 7) is 0.